The van der Waals surface area contributed by atoms with Crippen molar-refractivity contribution in [2.24, 2.45) is 0 Å². The first-order valence-corrected chi connectivity index (χ1v) is 5.85. The first kappa shape index (κ1) is 9.87. The predicted octanol–water partition coefficient (Wildman–Crippen LogP) is 1.93. The second-order valence-electron chi connectivity index (χ2n) is 4.42. The molecule has 76 valence electrons. The molecule has 0 aliphatic carbocycles. The average Bonchev–Trinajstić information content (AvgIpc) is 2.14. The van der Waals surface area contributed by atoms with Gasteiger partial charge in [0.25, 0.3) is 0 Å². The summed E-state index contributed by atoms with van der Waals surface area (Å²) in [4.78, 5) is 0.964. The van der Waals surface area contributed by atoms with Gasteiger partial charge in [0.2, 0.25) is 0 Å². The summed E-state index contributed by atoms with van der Waals surface area (Å²) in [5, 5.41) is 0. The van der Waals surface area contributed by atoms with Crippen LogP contribution < -0.4 is 0 Å². The molecule has 2 nitrogen and oxygen atoms in total. The Morgan fingerprint density at radius 2 is 2.00 bits per heavy atom. The smallest absolute Gasteiger partial charge is 0.127 e. The van der Waals surface area contributed by atoms with E-state index in [0.29, 0.717) is 0 Å². The standard InChI is InChI=1S/C11H15NOS/c1-11(2)8-12(3)14(13)10-7-5-4-6-9(10)11/h4-7H,8H2,1-3H3. The number of fused-ring (bicyclic) bond motifs is 1. The zero-order chi connectivity index (χ0) is 10.3. The third kappa shape index (κ3) is 1.41. The van der Waals surface area contributed by atoms with Gasteiger partial charge in [0.1, 0.15) is 11.0 Å². The van der Waals surface area contributed by atoms with Crippen LogP contribution in [0.1, 0.15) is 19.4 Å². The van der Waals surface area contributed by atoms with Crippen molar-refractivity contribution >= 4 is 11.0 Å². The van der Waals surface area contributed by atoms with Crippen LogP contribution in [0.25, 0.3) is 0 Å². The summed E-state index contributed by atoms with van der Waals surface area (Å²) < 4.78 is 13.8. The van der Waals surface area contributed by atoms with E-state index in [4.69, 9.17) is 0 Å². The highest BCUT2D eigenvalue weighted by Gasteiger charge is 2.33. The molecule has 0 bridgehead atoms. The van der Waals surface area contributed by atoms with Gasteiger partial charge in [-0.2, -0.15) is 0 Å². The van der Waals surface area contributed by atoms with Crippen molar-refractivity contribution in [2.45, 2.75) is 24.2 Å². The maximum atomic E-state index is 11.9. The Morgan fingerprint density at radius 3 is 2.71 bits per heavy atom. The van der Waals surface area contributed by atoms with E-state index in [9.17, 15) is 4.21 Å². The molecule has 0 fully saturated rings. The normalized spacial score (nSPS) is 25.8. The van der Waals surface area contributed by atoms with E-state index in [0.717, 1.165) is 11.4 Å². The van der Waals surface area contributed by atoms with Gasteiger partial charge >= 0.3 is 0 Å². The Hall–Kier alpha value is -0.670. The summed E-state index contributed by atoms with van der Waals surface area (Å²) in [5.41, 5.74) is 1.32. The van der Waals surface area contributed by atoms with Gasteiger partial charge in [-0.25, -0.2) is 8.51 Å². The van der Waals surface area contributed by atoms with Crippen LogP contribution in [0.3, 0.4) is 0 Å². The highest BCUT2D eigenvalue weighted by atomic mass is 32.2. The fraction of sp³-hybridized carbons (Fsp3) is 0.455. The quantitative estimate of drug-likeness (QED) is 0.639. The summed E-state index contributed by atoms with van der Waals surface area (Å²) in [6, 6.07) is 8.01. The Bertz CT molecular complexity index is 387. The first-order valence-electron chi connectivity index (χ1n) is 4.75. The maximum absolute atomic E-state index is 11.9. The van der Waals surface area contributed by atoms with Gasteiger partial charge in [-0.15, -0.1) is 0 Å². The van der Waals surface area contributed by atoms with Crippen molar-refractivity contribution in [3.63, 3.8) is 0 Å². The van der Waals surface area contributed by atoms with Crippen molar-refractivity contribution in [3.8, 4) is 0 Å². The summed E-state index contributed by atoms with van der Waals surface area (Å²) in [6.07, 6.45) is 0. The molecule has 1 aromatic rings. The average molecular weight is 209 g/mol. The minimum Gasteiger partial charge on any atom is -0.237 e. The maximum Gasteiger partial charge on any atom is 0.127 e. The van der Waals surface area contributed by atoms with E-state index in [1.165, 1.54) is 5.56 Å². The Kier molecular flexibility index (Phi) is 2.24. The second-order valence-corrected chi connectivity index (χ2v) is 5.98. The van der Waals surface area contributed by atoms with Crippen LogP contribution in [0, 0.1) is 0 Å². The fourth-order valence-corrected chi connectivity index (χ4v) is 3.55. The van der Waals surface area contributed by atoms with Gasteiger partial charge in [-0.05, 0) is 11.6 Å². The van der Waals surface area contributed by atoms with Crippen LogP contribution in [0.5, 0.6) is 0 Å². The molecule has 3 heteroatoms. The number of nitrogens with zero attached hydrogens (tertiary/aromatic N) is 1. The lowest BCUT2D eigenvalue weighted by molar-refractivity contribution is 0.369. The number of hydrogen-bond donors (Lipinski definition) is 0. The van der Waals surface area contributed by atoms with E-state index in [1.54, 1.807) is 0 Å². The summed E-state index contributed by atoms with van der Waals surface area (Å²) in [5.74, 6) is 0. The van der Waals surface area contributed by atoms with E-state index < -0.39 is 11.0 Å². The van der Waals surface area contributed by atoms with Crippen molar-refractivity contribution in [3.05, 3.63) is 29.8 Å². The van der Waals surface area contributed by atoms with Crippen molar-refractivity contribution in [2.75, 3.05) is 13.6 Å². The molecule has 14 heavy (non-hydrogen) atoms. The number of benzene rings is 1. The zero-order valence-electron chi connectivity index (χ0n) is 8.78. The molecule has 0 aromatic heterocycles. The SMILES string of the molecule is CN1CC(C)(C)c2ccccc2S1=O. The minimum absolute atomic E-state index is 0.0965. The van der Waals surface area contributed by atoms with E-state index in [1.807, 2.05) is 29.6 Å². The van der Waals surface area contributed by atoms with Gasteiger partial charge < -0.3 is 0 Å². The lowest BCUT2D eigenvalue weighted by Crippen LogP contribution is -2.41. The van der Waals surface area contributed by atoms with Crippen LogP contribution in [0.2, 0.25) is 0 Å². The fourth-order valence-electron chi connectivity index (χ4n) is 2.05. The summed E-state index contributed by atoms with van der Waals surface area (Å²) in [7, 11) is 0.937. The number of hydrogen-bond acceptors (Lipinski definition) is 1. The van der Waals surface area contributed by atoms with Crippen molar-refractivity contribution in [1.29, 1.82) is 0 Å². The predicted molar refractivity (Wildman–Crippen MR) is 58.5 cm³/mol. The molecule has 2 rings (SSSR count). The zero-order valence-corrected chi connectivity index (χ0v) is 9.60. The third-order valence-corrected chi connectivity index (χ3v) is 4.13. The van der Waals surface area contributed by atoms with Gasteiger partial charge in [0.15, 0.2) is 0 Å². The van der Waals surface area contributed by atoms with Gasteiger partial charge in [0, 0.05) is 19.0 Å². The molecule has 0 radical (unpaired) electrons. The van der Waals surface area contributed by atoms with E-state index in [-0.39, 0.29) is 5.41 Å². The highest BCUT2D eigenvalue weighted by molar-refractivity contribution is 7.82. The van der Waals surface area contributed by atoms with Crippen LogP contribution in [-0.2, 0) is 16.4 Å². The highest BCUT2D eigenvalue weighted by Crippen LogP contribution is 2.34. The second kappa shape index (κ2) is 3.17. The molecular weight excluding hydrogens is 194 g/mol. The molecule has 1 aromatic carbocycles. The van der Waals surface area contributed by atoms with Gasteiger partial charge in [-0.3, -0.25) is 0 Å². The van der Waals surface area contributed by atoms with E-state index >= 15 is 0 Å². The van der Waals surface area contributed by atoms with Crippen LogP contribution >= 0.6 is 0 Å². The third-order valence-electron chi connectivity index (χ3n) is 2.71. The molecule has 0 N–H and O–H groups in total. The Labute approximate surface area is 87.5 Å². The topological polar surface area (TPSA) is 20.3 Å². The van der Waals surface area contributed by atoms with Gasteiger partial charge in [-0.1, -0.05) is 32.0 Å². The first-order chi connectivity index (χ1) is 6.52. The van der Waals surface area contributed by atoms with E-state index in [2.05, 4.69) is 19.9 Å². The molecule has 1 heterocycles. The van der Waals surface area contributed by atoms with Crippen LogP contribution in [-0.4, -0.2) is 22.1 Å². The summed E-state index contributed by atoms with van der Waals surface area (Å²) in [6.45, 7) is 5.23. The molecule has 0 saturated heterocycles. The molecule has 1 unspecified atom stereocenters. The number of rotatable bonds is 0. The van der Waals surface area contributed by atoms with Crippen molar-refractivity contribution in [1.82, 2.24) is 4.31 Å². The lowest BCUT2D eigenvalue weighted by Gasteiger charge is -2.36. The largest absolute Gasteiger partial charge is 0.237 e. The molecule has 1 atom stereocenters. The monoisotopic (exact) mass is 209 g/mol. The van der Waals surface area contributed by atoms with Crippen LogP contribution in [0.4, 0.5) is 0 Å². The Morgan fingerprint density at radius 1 is 1.36 bits per heavy atom. The molecular formula is C11H15NOS. The lowest BCUT2D eigenvalue weighted by atomic mass is 9.84. The molecule has 0 saturated carbocycles. The molecule has 1 aliphatic rings. The van der Waals surface area contributed by atoms with Crippen molar-refractivity contribution < 1.29 is 4.21 Å². The van der Waals surface area contributed by atoms with Crippen LogP contribution in [0.15, 0.2) is 29.2 Å². The van der Waals surface area contributed by atoms with Gasteiger partial charge in [0.05, 0.1) is 4.90 Å². The minimum atomic E-state index is -0.973. The Balaban J connectivity index is 2.62. The number of likely N-dealkylation sites (N-methyl/N-ethyl adjacent to an activating group) is 1. The molecule has 0 amide bonds. The summed E-state index contributed by atoms with van der Waals surface area (Å²) >= 11 is 0. The molecule has 1 aliphatic heterocycles. The molecule has 0 spiro atoms.